The van der Waals surface area contributed by atoms with E-state index in [1.807, 2.05) is 24.6 Å². The molecule has 5 heteroatoms. The molecule has 0 saturated carbocycles. The van der Waals surface area contributed by atoms with Crippen molar-refractivity contribution in [2.75, 3.05) is 25.5 Å². The van der Waals surface area contributed by atoms with Gasteiger partial charge in [-0.3, -0.25) is 4.79 Å². The smallest absolute Gasteiger partial charge is 0.268 e. The van der Waals surface area contributed by atoms with Gasteiger partial charge in [0.05, 0.1) is 12.3 Å². The van der Waals surface area contributed by atoms with Crippen molar-refractivity contribution in [3.8, 4) is 0 Å². The molecular formula is C14H23N3O2. The average molecular weight is 265 g/mol. The van der Waals surface area contributed by atoms with Crippen molar-refractivity contribution in [1.29, 1.82) is 0 Å². The number of anilines is 1. The summed E-state index contributed by atoms with van der Waals surface area (Å²) < 4.78 is 7.31. The fourth-order valence-electron chi connectivity index (χ4n) is 2.41. The van der Waals surface area contributed by atoms with E-state index in [2.05, 4.69) is 5.32 Å². The quantitative estimate of drug-likeness (QED) is 0.872. The number of carbonyl (C=O) groups is 1. The zero-order valence-corrected chi connectivity index (χ0v) is 11.7. The number of nitrogen functional groups attached to an aromatic ring is 1. The highest BCUT2D eigenvalue weighted by Gasteiger charge is 2.18. The highest BCUT2D eigenvalue weighted by Crippen LogP contribution is 2.17. The van der Waals surface area contributed by atoms with E-state index in [0.717, 1.165) is 26.1 Å². The summed E-state index contributed by atoms with van der Waals surface area (Å²) in [5, 5.41) is 2.98. The summed E-state index contributed by atoms with van der Waals surface area (Å²) in [6.07, 6.45) is 4.01. The van der Waals surface area contributed by atoms with Gasteiger partial charge in [-0.2, -0.15) is 0 Å². The normalized spacial score (nSPS) is 19.6. The summed E-state index contributed by atoms with van der Waals surface area (Å²) >= 11 is 0. The van der Waals surface area contributed by atoms with Gasteiger partial charge in [-0.1, -0.05) is 0 Å². The maximum Gasteiger partial charge on any atom is 0.268 e. The second-order valence-electron chi connectivity index (χ2n) is 5.45. The number of nitrogens with one attached hydrogen (secondary N) is 1. The molecule has 1 amide bonds. The van der Waals surface area contributed by atoms with E-state index in [9.17, 15) is 4.79 Å². The van der Waals surface area contributed by atoms with Gasteiger partial charge in [-0.25, -0.2) is 0 Å². The average Bonchev–Trinajstić information content (AvgIpc) is 2.79. The van der Waals surface area contributed by atoms with Gasteiger partial charge in [-0.15, -0.1) is 0 Å². The van der Waals surface area contributed by atoms with Gasteiger partial charge >= 0.3 is 0 Å². The number of rotatable bonds is 4. The van der Waals surface area contributed by atoms with Crippen LogP contribution in [0, 0.1) is 5.92 Å². The standard InChI is InChI=1S/C14H23N3O2/c1-10(2)17-8-12(15)6-13(17)14(18)16-7-11-4-3-5-19-9-11/h6,8,10-11H,3-5,7,9,15H2,1-2H3,(H,16,18). The van der Waals surface area contributed by atoms with E-state index >= 15 is 0 Å². The molecule has 0 aromatic carbocycles. The van der Waals surface area contributed by atoms with Crippen LogP contribution in [0.2, 0.25) is 0 Å². The number of carbonyl (C=O) groups excluding carboxylic acids is 1. The summed E-state index contributed by atoms with van der Waals surface area (Å²) in [5.74, 6) is 0.369. The van der Waals surface area contributed by atoms with E-state index in [4.69, 9.17) is 10.5 Å². The molecule has 5 nitrogen and oxygen atoms in total. The van der Waals surface area contributed by atoms with Crippen LogP contribution in [0.4, 0.5) is 5.69 Å². The van der Waals surface area contributed by atoms with Crippen molar-refractivity contribution in [1.82, 2.24) is 9.88 Å². The molecule has 0 radical (unpaired) electrons. The first-order chi connectivity index (χ1) is 9.08. The molecule has 1 aromatic rings. The van der Waals surface area contributed by atoms with Gasteiger partial charge in [0.25, 0.3) is 5.91 Å². The van der Waals surface area contributed by atoms with Crippen molar-refractivity contribution in [3.63, 3.8) is 0 Å². The zero-order chi connectivity index (χ0) is 13.8. The summed E-state index contributed by atoms with van der Waals surface area (Å²) in [7, 11) is 0. The number of hydrogen-bond acceptors (Lipinski definition) is 3. The molecule has 1 fully saturated rings. The fourth-order valence-corrected chi connectivity index (χ4v) is 2.41. The predicted octanol–water partition coefficient (Wildman–Crippen LogP) is 1.81. The van der Waals surface area contributed by atoms with Gasteiger partial charge in [0.1, 0.15) is 5.69 Å². The van der Waals surface area contributed by atoms with Crippen LogP contribution in [-0.2, 0) is 4.74 Å². The third-order valence-corrected chi connectivity index (χ3v) is 3.46. The van der Waals surface area contributed by atoms with Gasteiger partial charge in [0, 0.05) is 25.4 Å². The number of nitrogens with two attached hydrogens (primary N) is 1. The van der Waals surface area contributed by atoms with E-state index in [1.165, 1.54) is 0 Å². The topological polar surface area (TPSA) is 69.3 Å². The predicted molar refractivity (Wildman–Crippen MR) is 75.1 cm³/mol. The van der Waals surface area contributed by atoms with Crippen LogP contribution < -0.4 is 11.1 Å². The van der Waals surface area contributed by atoms with Crippen molar-refractivity contribution < 1.29 is 9.53 Å². The second-order valence-corrected chi connectivity index (χ2v) is 5.45. The largest absolute Gasteiger partial charge is 0.397 e. The van der Waals surface area contributed by atoms with Gasteiger partial charge in [0.2, 0.25) is 0 Å². The third kappa shape index (κ3) is 3.50. The fraction of sp³-hybridized carbons (Fsp3) is 0.643. The first kappa shape index (κ1) is 13.9. The first-order valence-electron chi connectivity index (χ1n) is 6.91. The lowest BCUT2D eigenvalue weighted by molar-refractivity contribution is 0.0535. The number of nitrogens with zero attached hydrogens (tertiary/aromatic N) is 1. The number of aromatic nitrogens is 1. The number of amides is 1. The molecule has 1 aliphatic heterocycles. The van der Waals surface area contributed by atoms with E-state index < -0.39 is 0 Å². The Balaban J connectivity index is 1.95. The van der Waals surface area contributed by atoms with E-state index in [1.54, 1.807) is 6.07 Å². The summed E-state index contributed by atoms with van der Waals surface area (Å²) in [6.45, 7) is 6.32. The van der Waals surface area contributed by atoms with Crippen molar-refractivity contribution in [2.45, 2.75) is 32.7 Å². The summed E-state index contributed by atoms with van der Waals surface area (Å²) in [4.78, 5) is 12.2. The SMILES string of the molecule is CC(C)n1cc(N)cc1C(=O)NCC1CCCOC1. The summed E-state index contributed by atoms with van der Waals surface area (Å²) in [5.41, 5.74) is 7.03. The molecular weight excluding hydrogens is 242 g/mol. The Kier molecular flexibility index (Phi) is 4.47. The third-order valence-electron chi connectivity index (χ3n) is 3.46. The van der Waals surface area contributed by atoms with Gasteiger partial charge in [0.15, 0.2) is 0 Å². The molecule has 0 spiro atoms. The Morgan fingerprint density at radius 3 is 3.05 bits per heavy atom. The second kappa shape index (κ2) is 6.10. The molecule has 3 N–H and O–H groups in total. The monoisotopic (exact) mass is 265 g/mol. The first-order valence-corrected chi connectivity index (χ1v) is 6.91. The van der Waals surface area contributed by atoms with Gasteiger partial charge < -0.3 is 20.4 Å². The lowest BCUT2D eigenvalue weighted by Gasteiger charge is -2.22. The van der Waals surface area contributed by atoms with Crippen LogP contribution in [0.5, 0.6) is 0 Å². The van der Waals surface area contributed by atoms with Crippen molar-refractivity contribution >= 4 is 11.6 Å². The Morgan fingerprint density at radius 2 is 2.42 bits per heavy atom. The summed E-state index contributed by atoms with van der Waals surface area (Å²) in [6, 6.07) is 1.95. The van der Waals surface area contributed by atoms with Crippen molar-refractivity contribution in [2.24, 2.45) is 5.92 Å². The molecule has 1 unspecified atom stereocenters. The minimum atomic E-state index is -0.0593. The molecule has 1 atom stereocenters. The molecule has 1 aliphatic rings. The minimum Gasteiger partial charge on any atom is -0.397 e. The molecule has 2 rings (SSSR count). The van der Waals surface area contributed by atoms with Crippen LogP contribution in [0.1, 0.15) is 43.2 Å². The molecule has 1 aromatic heterocycles. The van der Waals surface area contributed by atoms with Gasteiger partial charge in [-0.05, 0) is 38.7 Å². The maximum absolute atomic E-state index is 12.2. The molecule has 106 valence electrons. The maximum atomic E-state index is 12.2. The van der Waals surface area contributed by atoms with E-state index in [-0.39, 0.29) is 11.9 Å². The van der Waals surface area contributed by atoms with Crippen LogP contribution in [0.3, 0.4) is 0 Å². The van der Waals surface area contributed by atoms with Crippen LogP contribution in [-0.4, -0.2) is 30.2 Å². The van der Waals surface area contributed by atoms with Crippen LogP contribution in [0.25, 0.3) is 0 Å². The van der Waals surface area contributed by atoms with E-state index in [0.29, 0.717) is 23.8 Å². The highest BCUT2D eigenvalue weighted by molar-refractivity contribution is 5.93. The Hall–Kier alpha value is -1.49. The number of ether oxygens (including phenoxy) is 1. The van der Waals surface area contributed by atoms with Crippen LogP contribution in [0.15, 0.2) is 12.3 Å². The molecule has 2 heterocycles. The van der Waals surface area contributed by atoms with Crippen LogP contribution >= 0.6 is 0 Å². The lowest BCUT2D eigenvalue weighted by Crippen LogP contribution is -2.34. The molecule has 19 heavy (non-hydrogen) atoms. The zero-order valence-electron chi connectivity index (χ0n) is 11.7. The minimum absolute atomic E-state index is 0.0593. The van der Waals surface area contributed by atoms with Crippen molar-refractivity contribution in [3.05, 3.63) is 18.0 Å². The Morgan fingerprint density at radius 1 is 1.63 bits per heavy atom. The molecule has 0 bridgehead atoms. The highest BCUT2D eigenvalue weighted by atomic mass is 16.5. The lowest BCUT2D eigenvalue weighted by atomic mass is 10.0. The number of hydrogen-bond donors (Lipinski definition) is 2. The molecule has 1 saturated heterocycles. The Bertz CT molecular complexity index is 434. The molecule has 0 aliphatic carbocycles. The Labute approximate surface area is 114 Å².